The Morgan fingerprint density at radius 3 is 2.13 bits per heavy atom. The van der Waals surface area contributed by atoms with Gasteiger partial charge in [0.1, 0.15) is 5.75 Å². The van der Waals surface area contributed by atoms with Gasteiger partial charge in [0, 0.05) is 32.7 Å². The minimum atomic E-state index is 0. The summed E-state index contributed by atoms with van der Waals surface area (Å²) in [6, 6.07) is 7.60. The molecule has 0 bridgehead atoms. The van der Waals surface area contributed by atoms with Crippen molar-refractivity contribution in [1.82, 2.24) is 0 Å². The minimum Gasteiger partial charge on any atom is -0.508 e. The normalized spacial score (nSPS) is 12.3. The van der Waals surface area contributed by atoms with Crippen molar-refractivity contribution < 1.29 is 42.9 Å². The first-order valence-corrected chi connectivity index (χ1v) is 8.34. The molecule has 0 aliphatic rings. The zero-order valence-electron chi connectivity index (χ0n) is 15.1. The summed E-state index contributed by atoms with van der Waals surface area (Å²) in [5.41, 5.74) is 2.35. The Labute approximate surface area is 167 Å². The number of hydrogen-bond donors (Lipinski definition) is 2. The Kier molecular flexibility index (Phi) is 17.7. The SMILES string of the molecule is C/C=C\C(=C/CC)CO.CCCC(CC)c1ccc(O)cc1.[Y]. The van der Waals surface area contributed by atoms with E-state index in [0.717, 1.165) is 12.0 Å². The first-order valence-electron chi connectivity index (χ1n) is 8.34. The standard InChI is InChI=1S/C12H18O.C8H14O.Y/c1-3-5-10(4-2)11-6-8-12(13)9-7-11;1-3-5-8(7-9)6-4-2;/h6-10,13H,3-5H2,1-2H3;3,5-6,9H,4,7H2,1-2H3;/b;5-3-,8-6+;. The monoisotopic (exact) mass is 393 g/mol. The molecule has 0 heterocycles. The number of allylic oxidation sites excluding steroid dienone is 2. The summed E-state index contributed by atoms with van der Waals surface area (Å²) < 4.78 is 0. The zero-order valence-corrected chi connectivity index (χ0v) is 18.0. The predicted octanol–water partition coefficient (Wildman–Crippen LogP) is 5.57. The van der Waals surface area contributed by atoms with Crippen LogP contribution in [0.5, 0.6) is 5.75 Å². The molecule has 1 radical (unpaired) electrons. The van der Waals surface area contributed by atoms with E-state index in [4.69, 9.17) is 10.2 Å². The molecule has 0 saturated carbocycles. The summed E-state index contributed by atoms with van der Waals surface area (Å²) in [5.74, 6) is 1.01. The van der Waals surface area contributed by atoms with Crippen LogP contribution in [0.1, 0.15) is 64.9 Å². The number of benzene rings is 1. The Balaban J connectivity index is 0. The van der Waals surface area contributed by atoms with Gasteiger partial charge in [-0.2, -0.15) is 0 Å². The van der Waals surface area contributed by atoms with Crippen molar-refractivity contribution in [3.8, 4) is 5.75 Å². The second-order valence-electron chi connectivity index (χ2n) is 5.33. The van der Waals surface area contributed by atoms with Gasteiger partial charge in [-0.15, -0.1) is 0 Å². The van der Waals surface area contributed by atoms with Crippen LogP contribution in [0, 0.1) is 0 Å². The second-order valence-corrected chi connectivity index (χ2v) is 5.33. The van der Waals surface area contributed by atoms with Crippen LogP contribution in [-0.4, -0.2) is 16.8 Å². The molecule has 23 heavy (non-hydrogen) atoms. The fraction of sp³-hybridized carbons (Fsp3) is 0.500. The minimum absolute atomic E-state index is 0. The van der Waals surface area contributed by atoms with Gasteiger partial charge < -0.3 is 10.2 Å². The molecule has 0 amide bonds. The Hall–Kier alpha value is -0.436. The summed E-state index contributed by atoms with van der Waals surface area (Å²) in [5, 5.41) is 17.8. The fourth-order valence-electron chi connectivity index (χ4n) is 2.36. The maximum atomic E-state index is 9.14. The first kappa shape index (κ1) is 24.8. The van der Waals surface area contributed by atoms with Gasteiger partial charge in [0.05, 0.1) is 6.61 Å². The molecule has 1 unspecified atom stereocenters. The molecular weight excluding hydrogens is 361 g/mol. The summed E-state index contributed by atoms with van der Waals surface area (Å²) in [6.45, 7) is 8.58. The number of aliphatic hydroxyl groups is 1. The molecule has 1 atom stereocenters. The molecule has 0 aromatic heterocycles. The number of hydrogen-bond acceptors (Lipinski definition) is 2. The smallest absolute Gasteiger partial charge is 0.115 e. The van der Waals surface area contributed by atoms with Crippen molar-refractivity contribution in [3.63, 3.8) is 0 Å². The number of rotatable bonds is 7. The molecule has 2 N–H and O–H groups in total. The summed E-state index contributed by atoms with van der Waals surface area (Å²) in [4.78, 5) is 0. The van der Waals surface area contributed by atoms with Crippen LogP contribution < -0.4 is 0 Å². The van der Waals surface area contributed by atoms with Crippen LogP contribution in [0.15, 0.2) is 48.1 Å². The molecule has 1 aromatic carbocycles. The summed E-state index contributed by atoms with van der Waals surface area (Å²) in [7, 11) is 0. The average Bonchev–Trinajstić information content (AvgIpc) is 2.54. The Bertz CT molecular complexity index is 435. The van der Waals surface area contributed by atoms with Crippen LogP contribution in [0.3, 0.4) is 0 Å². The fourth-order valence-corrected chi connectivity index (χ4v) is 2.36. The van der Waals surface area contributed by atoms with Gasteiger partial charge in [0.15, 0.2) is 0 Å². The maximum absolute atomic E-state index is 9.14. The molecule has 1 rings (SSSR count). The molecule has 0 spiro atoms. The summed E-state index contributed by atoms with van der Waals surface area (Å²) >= 11 is 0. The number of phenolic OH excluding ortho intramolecular Hbond substituents is 1. The van der Waals surface area contributed by atoms with Crippen molar-refractivity contribution >= 4 is 0 Å². The van der Waals surface area contributed by atoms with Gasteiger partial charge in [-0.25, -0.2) is 0 Å². The van der Waals surface area contributed by atoms with E-state index >= 15 is 0 Å². The predicted molar refractivity (Wildman–Crippen MR) is 96.3 cm³/mol. The van der Waals surface area contributed by atoms with E-state index in [2.05, 4.69) is 20.8 Å². The molecule has 0 aliphatic carbocycles. The van der Waals surface area contributed by atoms with E-state index in [1.807, 2.05) is 37.3 Å². The topological polar surface area (TPSA) is 40.5 Å². The molecule has 0 saturated heterocycles. The van der Waals surface area contributed by atoms with Gasteiger partial charge in [-0.3, -0.25) is 0 Å². The number of phenols is 1. The molecule has 3 heteroatoms. The van der Waals surface area contributed by atoms with Crippen molar-refractivity contribution in [2.24, 2.45) is 0 Å². The van der Waals surface area contributed by atoms with Gasteiger partial charge in [-0.1, -0.05) is 57.6 Å². The molecule has 0 aliphatic heterocycles. The van der Waals surface area contributed by atoms with E-state index < -0.39 is 0 Å². The van der Waals surface area contributed by atoms with E-state index in [1.54, 1.807) is 12.1 Å². The van der Waals surface area contributed by atoms with Crippen LogP contribution in [0.2, 0.25) is 0 Å². The van der Waals surface area contributed by atoms with Crippen LogP contribution in [-0.2, 0) is 32.7 Å². The van der Waals surface area contributed by atoms with Crippen LogP contribution in [0.4, 0.5) is 0 Å². The number of aliphatic hydroxyl groups excluding tert-OH is 1. The summed E-state index contributed by atoms with van der Waals surface area (Å²) in [6.07, 6.45) is 10.5. The average molecular weight is 393 g/mol. The first-order chi connectivity index (χ1) is 10.6. The third-order valence-electron chi connectivity index (χ3n) is 3.52. The Morgan fingerprint density at radius 1 is 1.13 bits per heavy atom. The van der Waals surface area contributed by atoms with E-state index in [-0.39, 0.29) is 39.3 Å². The third kappa shape index (κ3) is 11.7. The molecule has 1 aromatic rings. The van der Waals surface area contributed by atoms with Gasteiger partial charge in [0.25, 0.3) is 0 Å². The van der Waals surface area contributed by atoms with E-state index in [0.29, 0.717) is 11.7 Å². The number of aromatic hydroxyl groups is 1. The molecule has 127 valence electrons. The quantitative estimate of drug-likeness (QED) is 0.594. The van der Waals surface area contributed by atoms with Crippen molar-refractivity contribution in [2.45, 2.75) is 59.3 Å². The molecule has 0 fully saturated rings. The van der Waals surface area contributed by atoms with Crippen molar-refractivity contribution in [1.29, 1.82) is 0 Å². The van der Waals surface area contributed by atoms with Crippen molar-refractivity contribution in [3.05, 3.63) is 53.6 Å². The Morgan fingerprint density at radius 2 is 1.74 bits per heavy atom. The van der Waals surface area contributed by atoms with Crippen LogP contribution >= 0.6 is 0 Å². The largest absolute Gasteiger partial charge is 0.508 e. The third-order valence-corrected chi connectivity index (χ3v) is 3.52. The second kappa shape index (κ2) is 16.4. The molecule has 2 nitrogen and oxygen atoms in total. The van der Waals surface area contributed by atoms with Crippen LogP contribution in [0.25, 0.3) is 0 Å². The molecular formula is C20H32O2Y. The van der Waals surface area contributed by atoms with Gasteiger partial charge >= 0.3 is 0 Å². The maximum Gasteiger partial charge on any atom is 0.115 e. The van der Waals surface area contributed by atoms with Gasteiger partial charge in [0.2, 0.25) is 0 Å². The van der Waals surface area contributed by atoms with E-state index in [9.17, 15) is 0 Å². The van der Waals surface area contributed by atoms with E-state index in [1.165, 1.54) is 24.8 Å². The van der Waals surface area contributed by atoms with Crippen molar-refractivity contribution in [2.75, 3.05) is 6.61 Å². The van der Waals surface area contributed by atoms with Gasteiger partial charge in [-0.05, 0) is 55.4 Å². The zero-order chi connectivity index (χ0) is 16.8.